The van der Waals surface area contributed by atoms with Gasteiger partial charge in [-0.25, -0.2) is 12.7 Å². The summed E-state index contributed by atoms with van der Waals surface area (Å²) in [4.78, 5) is 0. The second kappa shape index (κ2) is 5.83. The van der Waals surface area contributed by atoms with Crippen molar-refractivity contribution in [3.63, 3.8) is 0 Å². The van der Waals surface area contributed by atoms with E-state index in [-0.39, 0.29) is 18.1 Å². The van der Waals surface area contributed by atoms with Crippen molar-refractivity contribution >= 4 is 15.9 Å². The number of oxime groups is 1. The minimum Gasteiger partial charge on any atom is -0.409 e. The predicted octanol–water partition coefficient (Wildman–Crippen LogP) is 0.563. The van der Waals surface area contributed by atoms with Crippen LogP contribution in [0.15, 0.2) is 29.4 Å². The van der Waals surface area contributed by atoms with Gasteiger partial charge in [-0.15, -0.1) is 0 Å². The zero-order valence-electron chi connectivity index (χ0n) is 10.4. The molecule has 0 saturated heterocycles. The number of benzene rings is 1. The van der Waals surface area contributed by atoms with Gasteiger partial charge in [0.25, 0.3) is 0 Å². The molecule has 0 aliphatic heterocycles. The molecule has 0 aromatic heterocycles. The Balaban J connectivity index is 2.93. The molecule has 0 aliphatic carbocycles. The van der Waals surface area contributed by atoms with Crippen LogP contribution in [0.3, 0.4) is 0 Å². The van der Waals surface area contributed by atoms with Gasteiger partial charge in [-0.1, -0.05) is 23.4 Å². The minimum atomic E-state index is -3.21. The van der Waals surface area contributed by atoms with Crippen molar-refractivity contribution in [2.45, 2.75) is 13.5 Å². The van der Waals surface area contributed by atoms with Crippen LogP contribution in [-0.2, 0) is 16.6 Å². The topological polar surface area (TPSA) is 96.0 Å². The molecule has 0 atom stereocenters. The largest absolute Gasteiger partial charge is 0.409 e. The Morgan fingerprint density at radius 1 is 1.50 bits per heavy atom. The number of amidine groups is 1. The third kappa shape index (κ3) is 3.44. The monoisotopic (exact) mass is 271 g/mol. The molecule has 0 heterocycles. The Bertz CT molecular complexity index is 540. The highest BCUT2D eigenvalue weighted by Crippen LogP contribution is 2.10. The summed E-state index contributed by atoms with van der Waals surface area (Å²) in [5.41, 5.74) is 6.80. The lowest BCUT2D eigenvalue weighted by Gasteiger charge is -2.16. The first-order valence-electron chi connectivity index (χ1n) is 5.41. The Kier molecular flexibility index (Phi) is 4.69. The van der Waals surface area contributed by atoms with Gasteiger partial charge in [-0.2, -0.15) is 0 Å². The van der Waals surface area contributed by atoms with Crippen LogP contribution < -0.4 is 5.73 Å². The van der Waals surface area contributed by atoms with Gasteiger partial charge in [0, 0.05) is 19.2 Å². The van der Waals surface area contributed by atoms with Gasteiger partial charge in [0.1, 0.15) is 0 Å². The highest BCUT2D eigenvalue weighted by molar-refractivity contribution is 7.89. The Hall–Kier alpha value is -1.60. The lowest BCUT2D eigenvalue weighted by atomic mass is 10.1. The first-order valence-corrected chi connectivity index (χ1v) is 7.02. The van der Waals surface area contributed by atoms with Crippen LogP contribution in [0.5, 0.6) is 0 Å². The van der Waals surface area contributed by atoms with E-state index in [1.807, 2.05) is 0 Å². The third-order valence-corrected chi connectivity index (χ3v) is 4.38. The molecule has 3 N–H and O–H groups in total. The van der Waals surface area contributed by atoms with Crippen molar-refractivity contribution in [3.05, 3.63) is 35.4 Å². The molecule has 0 fully saturated rings. The molecule has 6 nitrogen and oxygen atoms in total. The summed E-state index contributed by atoms with van der Waals surface area (Å²) >= 11 is 0. The molecular weight excluding hydrogens is 254 g/mol. The van der Waals surface area contributed by atoms with E-state index in [9.17, 15) is 8.42 Å². The summed E-state index contributed by atoms with van der Waals surface area (Å²) in [6.07, 6.45) is 0. The zero-order valence-corrected chi connectivity index (χ0v) is 11.2. The van der Waals surface area contributed by atoms with E-state index in [0.717, 1.165) is 5.56 Å². The van der Waals surface area contributed by atoms with Gasteiger partial charge < -0.3 is 10.9 Å². The highest BCUT2D eigenvalue weighted by atomic mass is 32.2. The van der Waals surface area contributed by atoms with Crippen LogP contribution in [0.4, 0.5) is 0 Å². The third-order valence-electron chi connectivity index (χ3n) is 2.58. The molecule has 0 amide bonds. The maximum absolute atomic E-state index is 11.6. The van der Waals surface area contributed by atoms with Crippen LogP contribution in [0.25, 0.3) is 0 Å². The first-order chi connectivity index (χ1) is 8.40. The van der Waals surface area contributed by atoms with Crippen molar-refractivity contribution in [1.29, 1.82) is 0 Å². The van der Waals surface area contributed by atoms with Crippen molar-refractivity contribution in [1.82, 2.24) is 4.31 Å². The molecule has 0 saturated carbocycles. The average molecular weight is 271 g/mol. The lowest BCUT2D eigenvalue weighted by molar-refractivity contribution is 0.318. The summed E-state index contributed by atoms with van der Waals surface area (Å²) in [5, 5.41) is 11.5. The maximum atomic E-state index is 11.6. The number of nitrogens with two attached hydrogens (primary N) is 1. The zero-order chi connectivity index (χ0) is 13.8. The van der Waals surface area contributed by atoms with Crippen molar-refractivity contribution in [2.75, 3.05) is 12.8 Å². The molecule has 0 bridgehead atoms. The molecule has 1 aromatic rings. The molecule has 0 radical (unpaired) electrons. The smallest absolute Gasteiger partial charge is 0.213 e. The van der Waals surface area contributed by atoms with E-state index in [4.69, 9.17) is 10.9 Å². The molecule has 0 unspecified atom stereocenters. The van der Waals surface area contributed by atoms with Crippen LogP contribution in [0.1, 0.15) is 18.1 Å². The van der Waals surface area contributed by atoms with Crippen LogP contribution >= 0.6 is 0 Å². The van der Waals surface area contributed by atoms with Gasteiger partial charge in [-0.3, -0.25) is 0 Å². The van der Waals surface area contributed by atoms with E-state index in [1.54, 1.807) is 31.2 Å². The molecule has 1 aromatic carbocycles. The fourth-order valence-corrected chi connectivity index (χ4v) is 2.25. The van der Waals surface area contributed by atoms with Gasteiger partial charge in [0.15, 0.2) is 5.84 Å². The number of sulfonamides is 1. The summed E-state index contributed by atoms with van der Waals surface area (Å²) < 4.78 is 24.5. The molecule has 1 rings (SSSR count). The maximum Gasteiger partial charge on any atom is 0.213 e. The number of nitrogens with zero attached hydrogens (tertiary/aromatic N) is 2. The quantitative estimate of drug-likeness (QED) is 0.354. The molecule has 7 heteroatoms. The van der Waals surface area contributed by atoms with Crippen LogP contribution in [0, 0.1) is 0 Å². The van der Waals surface area contributed by atoms with E-state index in [1.165, 1.54) is 11.4 Å². The second-order valence-electron chi connectivity index (χ2n) is 3.84. The van der Waals surface area contributed by atoms with Gasteiger partial charge in [0.2, 0.25) is 10.0 Å². The van der Waals surface area contributed by atoms with Gasteiger partial charge >= 0.3 is 0 Å². The minimum absolute atomic E-state index is 0.00199. The SMILES string of the molecule is CCS(=O)(=O)N(C)Cc1cccc(C(N)=NO)c1. The van der Waals surface area contributed by atoms with E-state index in [2.05, 4.69) is 5.16 Å². The Morgan fingerprint density at radius 3 is 2.72 bits per heavy atom. The Morgan fingerprint density at radius 2 is 2.17 bits per heavy atom. The van der Waals surface area contributed by atoms with E-state index >= 15 is 0 Å². The van der Waals surface area contributed by atoms with Crippen molar-refractivity contribution < 1.29 is 13.6 Å². The summed E-state index contributed by atoms with van der Waals surface area (Å²) in [6, 6.07) is 6.90. The number of hydrogen-bond donors (Lipinski definition) is 2. The molecule has 0 spiro atoms. The first kappa shape index (κ1) is 14.5. The van der Waals surface area contributed by atoms with Crippen LogP contribution in [0.2, 0.25) is 0 Å². The lowest BCUT2D eigenvalue weighted by Crippen LogP contribution is -2.28. The predicted molar refractivity (Wildman–Crippen MR) is 69.9 cm³/mol. The summed E-state index contributed by atoms with van der Waals surface area (Å²) in [6.45, 7) is 1.85. The molecule has 18 heavy (non-hydrogen) atoms. The second-order valence-corrected chi connectivity index (χ2v) is 6.21. The van der Waals surface area contributed by atoms with Gasteiger partial charge in [-0.05, 0) is 18.6 Å². The molecule has 100 valence electrons. The van der Waals surface area contributed by atoms with Crippen LogP contribution in [-0.4, -0.2) is 36.6 Å². The van der Waals surface area contributed by atoms with Gasteiger partial charge in [0.05, 0.1) is 5.75 Å². The highest BCUT2D eigenvalue weighted by Gasteiger charge is 2.15. The van der Waals surface area contributed by atoms with Crippen molar-refractivity contribution in [3.8, 4) is 0 Å². The Labute approximate surface area is 107 Å². The van der Waals surface area contributed by atoms with E-state index in [0.29, 0.717) is 5.56 Å². The van der Waals surface area contributed by atoms with E-state index < -0.39 is 10.0 Å². The van der Waals surface area contributed by atoms with Crippen molar-refractivity contribution in [2.24, 2.45) is 10.9 Å². The number of rotatable bonds is 5. The normalized spacial score (nSPS) is 12.9. The molecular formula is C11H17N3O3S. The number of hydrogen-bond acceptors (Lipinski definition) is 4. The summed E-state index contributed by atoms with van der Waals surface area (Å²) in [5.74, 6) is 0.0570. The standard InChI is InChI=1S/C11H17N3O3S/c1-3-18(16,17)14(2)8-9-5-4-6-10(7-9)11(12)13-15/h4-7,15H,3,8H2,1-2H3,(H2,12,13). The fraction of sp³-hybridized carbons (Fsp3) is 0.364. The molecule has 0 aliphatic rings. The average Bonchev–Trinajstić information content (AvgIpc) is 2.38. The fourth-order valence-electron chi connectivity index (χ4n) is 1.46. The summed E-state index contributed by atoms with van der Waals surface area (Å²) in [7, 11) is -1.69.